The average molecular weight is 659 g/mol. The van der Waals surface area contributed by atoms with Gasteiger partial charge in [-0.1, -0.05) is 108 Å². The van der Waals surface area contributed by atoms with E-state index >= 15 is 0 Å². The van der Waals surface area contributed by atoms with Crippen LogP contribution in [0.1, 0.15) is 34.1 Å². The molecule has 2 aliphatic carbocycles. The molecule has 206 valence electrons. The maximum atomic E-state index is 3.53. The summed E-state index contributed by atoms with van der Waals surface area (Å²) in [6.45, 7) is 1.95. The SMILES string of the molecule is Cl.Cl.[C-]1=C(c2ccccc2)C=CC1c1ccccc1.[C-]1=C(c2ccccc2)C=CC1c1ccccc1.[CH3-].[CH3-].[SiH2]=[Zr]. The van der Waals surface area contributed by atoms with Crippen molar-refractivity contribution in [2.45, 2.75) is 11.8 Å². The first-order valence-electron chi connectivity index (χ1n) is 12.1. The molecule has 0 saturated heterocycles. The molecule has 0 heterocycles. The van der Waals surface area contributed by atoms with Crippen molar-refractivity contribution in [3.63, 3.8) is 0 Å². The fourth-order valence-corrected chi connectivity index (χ4v) is 4.22. The first kappa shape index (κ1) is 37.5. The fourth-order valence-electron chi connectivity index (χ4n) is 4.22. The van der Waals surface area contributed by atoms with E-state index in [0.717, 1.165) is 0 Å². The molecule has 0 radical (unpaired) electrons. The van der Waals surface area contributed by atoms with Gasteiger partial charge < -0.3 is 14.9 Å². The topological polar surface area (TPSA) is 0 Å². The normalized spacial score (nSPS) is 15.5. The molecule has 4 heteroatoms. The van der Waals surface area contributed by atoms with Crippen LogP contribution < -0.4 is 0 Å². The predicted molar refractivity (Wildman–Crippen MR) is 179 cm³/mol. The van der Waals surface area contributed by atoms with E-state index in [0.29, 0.717) is 11.8 Å². The number of allylic oxidation sites excluding steroid dienone is 8. The van der Waals surface area contributed by atoms with Crippen LogP contribution in [0.2, 0.25) is 0 Å². The Hall–Kier alpha value is -2.48. The minimum atomic E-state index is 0. The number of hydrogen-bond donors (Lipinski definition) is 0. The van der Waals surface area contributed by atoms with Crippen molar-refractivity contribution < 1.29 is 23.3 Å². The van der Waals surface area contributed by atoms with Crippen molar-refractivity contribution in [1.82, 2.24) is 0 Å². The van der Waals surface area contributed by atoms with E-state index in [4.69, 9.17) is 0 Å². The molecule has 40 heavy (non-hydrogen) atoms. The van der Waals surface area contributed by atoms with Crippen LogP contribution in [0.4, 0.5) is 0 Å². The zero-order valence-corrected chi connectivity index (χ0v) is 28.5. The standard InChI is InChI=1S/2C17H13.2CH3.2ClH.H2Si.Zr/c2*1-3-7-14(8-4-1)16-11-12-17(13-16)15-9-5-2-6-10-15;;;;;;/h2*1-12,16H;2*1H3;2*1H;1H2;/q4*-1;;;;. The first-order chi connectivity index (χ1) is 17.9. The second kappa shape index (κ2) is 20.4. The van der Waals surface area contributed by atoms with Gasteiger partial charge in [-0.2, -0.15) is 35.5 Å². The Bertz CT molecular complexity index is 1240. The van der Waals surface area contributed by atoms with Crippen LogP contribution in [-0.2, 0) is 23.3 Å². The quantitative estimate of drug-likeness (QED) is 0.152. The fraction of sp³-hybridized carbons (Fsp3) is 0.0556. The molecule has 0 nitrogen and oxygen atoms in total. The molecule has 0 amide bonds. The van der Waals surface area contributed by atoms with E-state index in [9.17, 15) is 0 Å². The van der Waals surface area contributed by atoms with Gasteiger partial charge in [0, 0.05) is 0 Å². The molecular formula is C36H36Cl2SiZr-4. The Morgan fingerprint density at radius 2 is 0.725 bits per heavy atom. The summed E-state index contributed by atoms with van der Waals surface area (Å²) in [7, 11) is 0. The van der Waals surface area contributed by atoms with Crippen molar-refractivity contribution in [1.29, 1.82) is 0 Å². The molecule has 0 fully saturated rings. The van der Waals surface area contributed by atoms with Crippen LogP contribution in [0.5, 0.6) is 0 Å². The van der Waals surface area contributed by atoms with Gasteiger partial charge in [0.1, 0.15) is 0 Å². The average Bonchev–Trinajstić information content (AvgIpc) is 3.68. The molecule has 0 aromatic heterocycles. The third-order valence-electron chi connectivity index (χ3n) is 6.02. The molecule has 0 aliphatic heterocycles. The summed E-state index contributed by atoms with van der Waals surface area (Å²) in [6.07, 6.45) is 15.8. The molecular weight excluding hydrogens is 623 g/mol. The van der Waals surface area contributed by atoms with Gasteiger partial charge in [0.05, 0.1) is 0 Å². The van der Waals surface area contributed by atoms with Crippen molar-refractivity contribution >= 4 is 42.8 Å². The molecule has 0 spiro atoms. The molecule has 0 N–H and O–H groups in total. The molecule has 2 unspecified atom stereocenters. The number of halogens is 2. The molecule has 4 aromatic rings. The zero-order valence-electron chi connectivity index (χ0n) is 23.0. The molecule has 2 aliphatic rings. The van der Waals surface area contributed by atoms with E-state index in [1.807, 2.05) is 31.1 Å². The van der Waals surface area contributed by atoms with Gasteiger partial charge in [0.2, 0.25) is 0 Å². The number of benzene rings is 4. The van der Waals surface area contributed by atoms with Crippen LogP contribution in [0, 0.1) is 27.0 Å². The summed E-state index contributed by atoms with van der Waals surface area (Å²) in [4.78, 5) is 0. The van der Waals surface area contributed by atoms with Gasteiger partial charge in [0.25, 0.3) is 0 Å². The third-order valence-corrected chi connectivity index (χ3v) is 6.02. The van der Waals surface area contributed by atoms with Gasteiger partial charge >= 0.3 is 30.2 Å². The van der Waals surface area contributed by atoms with E-state index < -0.39 is 0 Å². The first-order valence-corrected chi connectivity index (χ1v) is 18.0. The minimum absolute atomic E-state index is 0. The van der Waals surface area contributed by atoms with Crippen LogP contribution in [-0.4, -0.2) is 6.88 Å². The third kappa shape index (κ3) is 10.5. The summed E-state index contributed by atoms with van der Waals surface area (Å²) in [5.74, 6) is 0.595. The molecule has 4 aromatic carbocycles. The summed E-state index contributed by atoms with van der Waals surface area (Å²) in [5.41, 5.74) is 7.47. The Labute approximate surface area is 271 Å². The number of rotatable bonds is 4. The van der Waals surface area contributed by atoms with Crippen LogP contribution in [0.3, 0.4) is 0 Å². The Kier molecular flexibility index (Phi) is 19.1. The van der Waals surface area contributed by atoms with Crippen molar-refractivity contribution in [3.05, 3.63) is 195 Å². The van der Waals surface area contributed by atoms with Crippen LogP contribution >= 0.6 is 24.8 Å². The van der Waals surface area contributed by atoms with Crippen molar-refractivity contribution in [3.8, 4) is 0 Å². The summed E-state index contributed by atoms with van der Waals surface area (Å²) < 4.78 is 0. The predicted octanol–water partition coefficient (Wildman–Crippen LogP) is 9.28. The Balaban J connectivity index is 0.000000655. The molecule has 2 atom stereocenters. The monoisotopic (exact) mass is 656 g/mol. The van der Waals surface area contributed by atoms with E-state index in [1.165, 1.54) is 33.4 Å². The molecule has 6 rings (SSSR count). The summed E-state index contributed by atoms with van der Waals surface area (Å²) in [5, 5.41) is 0. The Morgan fingerprint density at radius 1 is 0.450 bits per heavy atom. The van der Waals surface area contributed by atoms with Gasteiger partial charge in [-0.3, -0.25) is 0 Å². The van der Waals surface area contributed by atoms with Crippen molar-refractivity contribution in [2.24, 2.45) is 0 Å². The maximum absolute atomic E-state index is 3.53. The summed E-state index contributed by atoms with van der Waals surface area (Å²) in [6, 6.07) is 41.8. The zero-order chi connectivity index (χ0) is 25.0. The number of hydrogen-bond acceptors (Lipinski definition) is 0. The van der Waals surface area contributed by atoms with Crippen LogP contribution in [0.25, 0.3) is 11.1 Å². The van der Waals surface area contributed by atoms with E-state index in [-0.39, 0.29) is 39.7 Å². The van der Waals surface area contributed by atoms with Crippen LogP contribution in [0.15, 0.2) is 146 Å². The van der Waals surface area contributed by atoms with Gasteiger partial charge in [-0.15, -0.1) is 72.4 Å². The van der Waals surface area contributed by atoms with Gasteiger partial charge in [-0.05, 0) is 11.8 Å². The molecule has 0 bridgehead atoms. The molecule has 0 saturated carbocycles. The second-order valence-electron chi connectivity index (χ2n) is 8.34. The Morgan fingerprint density at radius 3 is 1.02 bits per heavy atom. The van der Waals surface area contributed by atoms with E-state index in [1.54, 1.807) is 23.3 Å². The van der Waals surface area contributed by atoms with Crippen molar-refractivity contribution in [2.75, 3.05) is 0 Å². The second-order valence-corrected chi connectivity index (χ2v) is 8.34. The van der Waals surface area contributed by atoms with Gasteiger partial charge in [-0.25, -0.2) is 0 Å². The van der Waals surface area contributed by atoms with E-state index in [2.05, 4.69) is 134 Å². The van der Waals surface area contributed by atoms with Gasteiger partial charge in [0.15, 0.2) is 0 Å². The summed E-state index contributed by atoms with van der Waals surface area (Å²) >= 11 is 1.58.